The number of carboxylic acid groups (broad SMARTS) is 1. The largest absolute Gasteiger partial charge is 0.481 e. The van der Waals surface area contributed by atoms with Gasteiger partial charge in [0.25, 0.3) is 0 Å². The molecule has 0 aromatic heterocycles. The van der Waals surface area contributed by atoms with Crippen LogP contribution in [-0.2, 0) is 19.6 Å². The molecule has 1 aromatic rings. The molecule has 0 saturated heterocycles. The van der Waals surface area contributed by atoms with Crippen molar-refractivity contribution in [3.63, 3.8) is 0 Å². The van der Waals surface area contributed by atoms with Gasteiger partial charge in [-0.25, -0.2) is 13.6 Å². The van der Waals surface area contributed by atoms with Crippen molar-refractivity contribution in [1.82, 2.24) is 0 Å². The van der Waals surface area contributed by atoms with E-state index in [9.17, 15) is 18.0 Å². The molecule has 2 rings (SSSR count). The third kappa shape index (κ3) is 2.97. The van der Waals surface area contributed by atoms with E-state index >= 15 is 0 Å². The van der Waals surface area contributed by atoms with Crippen molar-refractivity contribution in [2.24, 2.45) is 17.0 Å². The number of benzene rings is 1. The number of nitrogens with two attached hydrogens (primary N) is 1. The topological polar surface area (TPSA) is 127 Å². The van der Waals surface area contributed by atoms with Gasteiger partial charge in [-0.15, -0.1) is 0 Å². The van der Waals surface area contributed by atoms with Crippen LogP contribution >= 0.6 is 0 Å². The highest BCUT2D eigenvalue weighted by atomic mass is 32.2. The van der Waals surface area contributed by atoms with Crippen LogP contribution in [0.5, 0.6) is 0 Å². The highest BCUT2D eigenvalue weighted by Crippen LogP contribution is 2.39. The van der Waals surface area contributed by atoms with Crippen LogP contribution in [0.2, 0.25) is 0 Å². The Morgan fingerprint density at radius 1 is 1.35 bits per heavy atom. The van der Waals surface area contributed by atoms with Crippen molar-refractivity contribution >= 4 is 27.6 Å². The quantitative estimate of drug-likeness (QED) is 0.737. The predicted molar refractivity (Wildman–Crippen MR) is 70.4 cm³/mol. The molecule has 1 fully saturated rings. The number of hydrogen-bond acceptors (Lipinski definition) is 4. The van der Waals surface area contributed by atoms with Crippen molar-refractivity contribution in [1.29, 1.82) is 0 Å². The van der Waals surface area contributed by atoms with Gasteiger partial charge in [0.1, 0.15) is 0 Å². The molecule has 4 N–H and O–H groups in total. The molecule has 1 aliphatic carbocycles. The molecule has 2 unspecified atom stereocenters. The molecule has 0 spiro atoms. The van der Waals surface area contributed by atoms with Crippen LogP contribution in [0.25, 0.3) is 0 Å². The van der Waals surface area contributed by atoms with E-state index in [1.807, 2.05) is 0 Å². The summed E-state index contributed by atoms with van der Waals surface area (Å²) in [5.41, 5.74) is 0.982. The number of sulfonamides is 1. The van der Waals surface area contributed by atoms with Crippen molar-refractivity contribution in [3.05, 3.63) is 23.8 Å². The number of carbonyl (C=O) groups excluding carboxylic acids is 1. The second-order valence-electron chi connectivity index (χ2n) is 4.80. The highest BCUT2D eigenvalue weighted by molar-refractivity contribution is 7.89. The standard InChI is InChI=1S/C12H14N2O5S/c1-6-2-3-7(20(13,18)19)4-10(6)14-11(15)8-5-9(8)12(16)17/h2-4,8-9H,5H2,1H3,(H,14,15)(H,16,17)(H2,13,18,19). The van der Waals surface area contributed by atoms with Crippen LogP contribution in [0, 0.1) is 18.8 Å². The van der Waals surface area contributed by atoms with Crippen LogP contribution in [0.4, 0.5) is 5.69 Å². The minimum atomic E-state index is -3.85. The molecule has 1 saturated carbocycles. The Labute approximate surface area is 115 Å². The number of carboxylic acids is 1. The molecule has 108 valence electrons. The fourth-order valence-electron chi connectivity index (χ4n) is 1.90. The summed E-state index contributed by atoms with van der Waals surface area (Å²) in [5.74, 6) is -2.64. The number of anilines is 1. The third-order valence-electron chi connectivity index (χ3n) is 3.24. The molecule has 0 radical (unpaired) electrons. The average molecular weight is 298 g/mol. The van der Waals surface area contributed by atoms with Crippen molar-refractivity contribution in [2.75, 3.05) is 5.32 Å². The van der Waals surface area contributed by atoms with Crippen LogP contribution in [0.3, 0.4) is 0 Å². The Hall–Kier alpha value is -1.93. The van der Waals surface area contributed by atoms with Crippen LogP contribution in [-0.4, -0.2) is 25.4 Å². The maximum atomic E-state index is 11.8. The van der Waals surface area contributed by atoms with Gasteiger partial charge in [0.2, 0.25) is 15.9 Å². The molecular weight excluding hydrogens is 284 g/mol. The van der Waals surface area contributed by atoms with E-state index in [0.29, 0.717) is 17.7 Å². The second kappa shape index (κ2) is 4.88. The lowest BCUT2D eigenvalue weighted by Crippen LogP contribution is -2.18. The van der Waals surface area contributed by atoms with E-state index in [1.165, 1.54) is 18.2 Å². The maximum absolute atomic E-state index is 11.8. The first-order chi connectivity index (χ1) is 9.20. The number of rotatable bonds is 4. The summed E-state index contributed by atoms with van der Waals surface area (Å²) in [6.07, 6.45) is 0.301. The smallest absolute Gasteiger partial charge is 0.307 e. The molecule has 2 atom stereocenters. The lowest BCUT2D eigenvalue weighted by Gasteiger charge is -2.09. The van der Waals surface area contributed by atoms with Crippen LogP contribution in [0.1, 0.15) is 12.0 Å². The average Bonchev–Trinajstić information content (AvgIpc) is 3.10. The zero-order valence-electron chi connectivity index (χ0n) is 10.7. The summed E-state index contributed by atoms with van der Waals surface area (Å²) >= 11 is 0. The van der Waals surface area contributed by atoms with E-state index in [2.05, 4.69) is 5.32 Å². The zero-order valence-corrected chi connectivity index (χ0v) is 11.5. The van der Waals surface area contributed by atoms with Gasteiger partial charge in [0.05, 0.1) is 16.7 Å². The first kappa shape index (κ1) is 14.5. The molecule has 1 aliphatic rings. The molecule has 1 aromatic carbocycles. The van der Waals surface area contributed by atoms with E-state index in [1.54, 1.807) is 6.92 Å². The van der Waals surface area contributed by atoms with Crippen molar-refractivity contribution < 1.29 is 23.1 Å². The predicted octanol–water partition coefficient (Wildman–Crippen LogP) is 0.302. The third-order valence-corrected chi connectivity index (χ3v) is 4.15. The van der Waals surface area contributed by atoms with E-state index in [0.717, 1.165) is 0 Å². The van der Waals surface area contributed by atoms with Gasteiger partial charge in [-0.05, 0) is 31.0 Å². The fourth-order valence-corrected chi connectivity index (χ4v) is 2.44. The Morgan fingerprint density at radius 2 is 2.00 bits per heavy atom. The summed E-state index contributed by atoms with van der Waals surface area (Å²) in [6, 6.07) is 4.13. The molecule has 7 nitrogen and oxygen atoms in total. The number of aliphatic carboxylic acids is 1. The Morgan fingerprint density at radius 3 is 2.50 bits per heavy atom. The molecule has 0 aliphatic heterocycles. The number of primary sulfonamides is 1. The van der Waals surface area contributed by atoms with E-state index in [4.69, 9.17) is 10.2 Å². The summed E-state index contributed by atoms with van der Waals surface area (Å²) in [7, 11) is -3.85. The summed E-state index contributed by atoms with van der Waals surface area (Å²) < 4.78 is 22.5. The van der Waals surface area contributed by atoms with Gasteiger partial charge in [-0.3, -0.25) is 9.59 Å². The van der Waals surface area contributed by atoms with E-state index in [-0.39, 0.29) is 4.90 Å². The Bertz CT molecular complexity index is 683. The molecule has 20 heavy (non-hydrogen) atoms. The van der Waals surface area contributed by atoms with Gasteiger partial charge in [-0.2, -0.15) is 0 Å². The summed E-state index contributed by atoms with van der Waals surface area (Å²) in [5, 5.41) is 16.3. The number of carbonyl (C=O) groups is 2. The molecule has 8 heteroatoms. The normalized spacial score (nSPS) is 21.3. The second-order valence-corrected chi connectivity index (χ2v) is 6.36. The first-order valence-corrected chi connectivity index (χ1v) is 7.42. The minimum Gasteiger partial charge on any atom is -0.481 e. The number of nitrogens with one attached hydrogen (secondary N) is 1. The summed E-state index contributed by atoms with van der Waals surface area (Å²) in [6.45, 7) is 1.70. The van der Waals surface area contributed by atoms with Crippen molar-refractivity contribution in [2.45, 2.75) is 18.2 Å². The van der Waals surface area contributed by atoms with Crippen LogP contribution in [0.15, 0.2) is 23.1 Å². The first-order valence-electron chi connectivity index (χ1n) is 5.87. The number of hydrogen-bond donors (Lipinski definition) is 3. The minimum absolute atomic E-state index is 0.107. The SMILES string of the molecule is Cc1ccc(S(N)(=O)=O)cc1NC(=O)C1CC1C(=O)O. The van der Waals surface area contributed by atoms with Crippen molar-refractivity contribution in [3.8, 4) is 0 Å². The molecule has 0 heterocycles. The maximum Gasteiger partial charge on any atom is 0.307 e. The van der Waals surface area contributed by atoms with Crippen LogP contribution < -0.4 is 10.5 Å². The van der Waals surface area contributed by atoms with Gasteiger partial charge in [0, 0.05) is 5.69 Å². The lowest BCUT2D eigenvalue weighted by atomic mass is 10.2. The van der Waals surface area contributed by atoms with Gasteiger partial charge < -0.3 is 10.4 Å². The zero-order chi connectivity index (χ0) is 15.1. The van der Waals surface area contributed by atoms with E-state index < -0.39 is 33.7 Å². The fraction of sp³-hybridized carbons (Fsp3) is 0.333. The molecule has 1 amide bonds. The van der Waals surface area contributed by atoms with Gasteiger partial charge in [-0.1, -0.05) is 6.07 Å². The van der Waals surface area contributed by atoms with Gasteiger partial charge >= 0.3 is 5.97 Å². The highest BCUT2D eigenvalue weighted by Gasteiger charge is 2.48. The Balaban J connectivity index is 2.18. The monoisotopic (exact) mass is 298 g/mol. The lowest BCUT2D eigenvalue weighted by molar-refractivity contribution is -0.139. The summed E-state index contributed by atoms with van der Waals surface area (Å²) in [4.78, 5) is 22.4. The molecular formula is C12H14N2O5S. The number of aryl methyl sites for hydroxylation is 1. The number of amides is 1. The van der Waals surface area contributed by atoms with Gasteiger partial charge in [0.15, 0.2) is 0 Å². The molecule has 0 bridgehead atoms. The Kier molecular flexibility index (Phi) is 3.53.